The molecule has 5 heteroatoms. The number of nitrogens with one attached hydrogen (secondary N) is 1. The molecule has 1 heterocycles. The topological polar surface area (TPSA) is 69.6 Å². The lowest BCUT2D eigenvalue weighted by atomic mass is 10.1. The lowest BCUT2D eigenvalue weighted by molar-refractivity contribution is -0.137. The molecule has 102 valence electrons. The highest BCUT2D eigenvalue weighted by atomic mass is 16.4. The Balaban J connectivity index is 1.85. The van der Waals surface area contributed by atoms with E-state index in [-0.39, 0.29) is 24.5 Å². The first-order valence-corrected chi connectivity index (χ1v) is 6.85. The van der Waals surface area contributed by atoms with Gasteiger partial charge in [0.15, 0.2) is 0 Å². The summed E-state index contributed by atoms with van der Waals surface area (Å²) in [5.41, 5.74) is 0. The van der Waals surface area contributed by atoms with Crippen molar-refractivity contribution in [1.29, 1.82) is 0 Å². The maximum absolute atomic E-state index is 12.1. The molecule has 1 aliphatic carbocycles. The van der Waals surface area contributed by atoms with Crippen LogP contribution in [0, 0.1) is 5.92 Å². The number of carboxylic acids is 1. The van der Waals surface area contributed by atoms with E-state index in [1.54, 1.807) is 4.90 Å². The first-order valence-electron chi connectivity index (χ1n) is 6.85. The standard InChI is InChI=1S/C13H22N2O3/c1-9-4-5-10(7-9)14-13(18)15-6-2-3-11(15)8-12(16)17/h9-11H,2-8H2,1H3,(H,14,18)(H,16,17). The van der Waals surface area contributed by atoms with E-state index in [1.807, 2.05) is 0 Å². The number of carbonyl (C=O) groups excluding carboxylic acids is 1. The minimum Gasteiger partial charge on any atom is -0.481 e. The highest BCUT2D eigenvalue weighted by Crippen LogP contribution is 2.26. The average molecular weight is 254 g/mol. The van der Waals surface area contributed by atoms with Gasteiger partial charge in [-0.2, -0.15) is 0 Å². The molecule has 5 nitrogen and oxygen atoms in total. The molecule has 0 radical (unpaired) electrons. The van der Waals surface area contributed by atoms with Gasteiger partial charge in [-0.05, 0) is 38.0 Å². The fourth-order valence-electron chi connectivity index (χ4n) is 3.11. The largest absolute Gasteiger partial charge is 0.481 e. The Morgan fingerprint density at radius 1 is 1.33 bits per heavy atom. The maximum atomic E-state index is 12.1. The summed E-state index contributed by atoms with van der Waals surface area (Å²) in [6, 6.07) is 0.0813. The van der Waals surface area contributed by atoms with E-state index >= 15 is 0 Å². The van der Waals surface area contributed by atoms with Crippen LogP contribution < -0.4 is 5.32 Å². The number of likely N-dealkylation sites (tertiary alicyclic amines) is 1. The Morgan fingerprint density at radius 3 is 2.72 bits per heavy atom. The Bertz CT molecular complexity index is 332. The second-order valence-electron chi connectivity index (χ2n) is 5.65. The highest BCUT2D eigenvalue weighted by molar-refractivity contribution is 5.76. The number of hydrogen-bond acceptors (Lipinski definition) is 2. The third kappa shape index (κ3) is 3.15. The lowest BCUT2D eigenvalue weighted by Gasteiger charge is -2.25. The third-order valence-corrected chi connectivity index (χ3v) is 4.07. The molecule has 1 aliphatic heterocycles. The fraction of sp³-hybridized carbons (Fsp3) is 0.846. The van der Waals surface area contributed by atoms with E-state index in [2.05, 4.69) is 12.2 Å². The van der Waals surface area contributed by atoms with Gasteiger partial charge in [0, 0.05) is 18.6 Å². The first-order chi connectivity index (χ1) is 8.56. The Morgan fingerprint density at radius 2 is 2.11 bits per heavy atom. The van der Waals surface area contributed by atoms with Crippen LogP contribution in [0.3, 0.4) is 0 Å². The molecule has 3 atom stereocenters. The molecule has 2 aliphatic rings. The number of hydrogen-bond donors (Lipinski definition) is 2. The molecule has 2 amide bonds. The fourth-order valence-corrected chi connectivity index (χ4v) is 3.11. The molecule has 1 saturated heterocycles. The summed E-state index contributed by atoms with van der Waals surface area (Å²) in [5.74, 6) is -0.141. The Labute approximate surface area is 108 Å². The van der Waals surface area contributed by atoms with Gasteiger partial charge in [0.2, 0.25) is 0 Å². The maximum Gasteiger partial charge on any atom is 0.317 e. The van der Waals surface area contributed by atoms with Gasteiger partial charge in [0.25, 0.3) is 0 Å². The van der Waals surface area contributed by atoms with Crippen molar-refractivity contribution in [3.05, 3.63) is 0 Å². The van der Waals surface area contributed by atoms with Crippen LogP contribution in [0.25, 0.3) is 0 Å². The molecule has 0 aromatic rings. The quantitative estimate of drug-likeness (QED) is 0.807. The van der Waals surface area contributed by atoms with Gasteiger partial charge in [-0.3, -0.25) is 4.79 Å². The van der Waals surface area contributed by atoms with E-state index in [4.69, 9.17) is 5.11 Å². The van der Waals surface area contributed by atoms with Crippen molar-refractivity contribution in [3.8, 4) is 0 Å². The van der Waals surface area contributed by atoms with Crippen LogP contribution in [0.1, 0.15) is 45.4 Å². The highest BCUT2D eigenvalue weighted by Gasteiger charge is 2.32. The number of rotatable bonds is 3. The zero-order valence-electron chi connectivity index (χ0n) is 10.9. The van der Waals surface area contributed by atoms with Crippen molar-refractivity contribution in [3.63, 3.8) is 0 Å². The predicted molar refractivity (Wildman–Crippen MR) is 67.3 cm³/mol. The molecule has 2 fully saturated rings. The second kappa shape index (κ2) is 5.59. The molecule has 18 heavy (non-hydrogen) atoms. The predicted octanol–water partition coefficient (Wildman–Crippen LogP) is 1.82. The number of nitrogens with zero attached hydrogens (tertiary/aromatic N) is 1. The Kier molecular flexibility index (Phi) is 4.09. The van der Waals surface area contributed by atoms with E-state index in [0.29, 0.717) is 12.5 Å². The summed E-state index contributed by atoms with van der Waals surface area (Å²) in [6.07, 6.45) is 5.04. The summed E-state index contributed by atoms with van der Waals surface area (Å²) in [6.45, 7) is 2.89. The van der Waals surface area contributed by atoms with Crippen LogP contribution in [0.2, 0.25) is 0 Å². The van der Waals surface area contributed by atoms with Crippen molar-refractivity contribution >= 4 is 12.0 Å². The number of carboxylic acid groups (broad SMARTS) is 1. The minimum absolute atomic E-state index is 0.0640. The van der Waals surface area contributed by atoms with E-state index in [1.165, 1.54) is 6.42 Å². The zero-order chi connectivity index (χ0) is 13.1. The smallest absolute Gasteiger partial charge is 0.317 e. The SMILES string of the molecule is CC1CCC(NC(=O)N2CCCC2CC(=O)O)C1. The number of urea groups is 1. The summed E-state index contributed by atoms with van der Waals surface area (Å²) >= 11 is 0. The van der Waals surface area contributed by atoms with E-state index in [0.717, 1.165) is 25.7 Å². The molecule has 2 N–H and O–H groups in total. The number of amides is 2. The number of carbonyl (C=O) groups is 2. The molecule has 0 aromatic heterocycles. The molecule has 0 bridgehead atoms. The molecule has 1 saturated carbocycles. The summed E-state index contributed by atoms with van der Waals surface area (Å²) in [7, 11) is 0. The zero-order valence-corrected chi connectivity index (χ0v) is 10.9. The third-order valence-electron chi connectivity index (χ3n) is 4.07. The summed E-state index contributed by atoms with van der Waals surface area (Å²) in [5, 5.41) is 11.9. The molecule has 0 aromatic carbocycles. The van der Waals surface area contributed by atoms with Gasteiger partial charge < -0.3 is 15.3 Å². The summed E-state index contributed by atoms with van der Waals surface area (Å²) in [4.78, 5) is 24.6. The van der Waals surface area contributed by atoms with Gasteiger partial charge in [-0.15, -0.1) is 0 Å². The van der Waals surface area contributed by atoms with E-state index in [9.17, 15) is 9.59 Å². The second-order valence-corrected chi connectivity index (χ2v) is 5.65. The van der Waals surface area contributed by atoms with Crippen LogP contribution in [-0.2, 0) is 4.79 Å². The molecule has 0 spiro atoms. The van der Waals surface area contributed by atoms with Crippen molar-refractivity contribution in [2.45, 2.75) is 57.5 Å². The van der Waals surface area contributed by atoms with Crippen molar-refractivity contribution in [2.75, 3.05) is 6.54 Å². The van der Waals surface area contributed by atoms with Crippen molar-refractivity contribution < 1.29 is 14.7 Å². The normalized spacial score (nSPS) is 31.6. The first kappa shape index (κ1) is 13.2. The van der Waals surface area contributed by atoms with Crippen LogP contribution in [0.4, 0.5) is 4.79 Å². The van der Waals surface area contributed by atoms with Crippen LogP contribution >= 0.6 is 0 Å². The monoisotopic (exact) mass is 254 g/mol. The lowest BCUT2D eigenvalue weighted by Crippen LogP contribution is -2.46. The van der Waals surface area contributed by atoms with Crippen molar-refractivity contribution in [1.82, 2.24) is 10.2 Å². The van der Waals surface area contributed by atoms with Gasteiger partial charge in [-0.1, -0.05) is 6.92 Å². The average Bonchev–Trinajstić information content (AvgIpc) is 2.87. The van der Waals surface area contributed by atoms with Crippen LogP contribution in [0.5, 0.6) is 0 Å². The van der Waals surface area contributed by atoms with Crippen molar-refractivity contribution in [2.24, 2.45) is 5.92 Å². The van der Waals surface area contributed by atoms with E-state index < -0.39 is 5.97 Å². The van der Waals surface area contributed by atoms with Gasteiger partial charge in [0.1, 0.15) is 0 Å². The van der Waals surface area contributed by atoms with Gasteiger partial charge in [-0.25, -0.2) is 4.79 Å². The number of aliphatic carboxylic acids is 1. The molecular weight excluding hydrogens is 232 g/mol. The van der Waals surface area contributed by atoms with Gasteiger partial charge in [0.05, 0.1) is 6.42 Å². The molecule has 3 unspecified atom stereocenters. The van der Waals surface area contributed by atoms with Crippen LogP contribution in [-0.4, -0.2) is 40.6 Å². The Hall–Kier alpha value is -1.26. The van der Waals surface area contributed by atoms with Crippen LogP contribution in [0.15, 0.2) is 0 Å². The molecular formula is C13H22N2O3. The summed E-state index contributed by atoms with van der Waals surface area (Å²) < 4.78 is 0. The van der Waals surface area contributed by atoms with Gasteiger partial charge >= 0.3 is 12.0 Å². The minimum atomic E-state index is -0.825. The molecule has 2 rings (SSSR count).